The Labute approximate surface area is 227 Å². The Bertz CT molecular complexity index is 1180. The van der Waals surface area contributed by atoms with Crippen LogP contribution in [0.3, 0.4) is 0 Å². The lowest BCUT2D eigenvalue weighted by molar-refractivity contribution is -0.141. The highest BCUT2D eigenvalue weighted by Gasteiger charge is 2.32. The van der Waals surface area contributed by atoms with Crippen molar-refractivity contribution in [1.82, 2.24) is 5.32 Å². The van der Waals surface area contributed by atoms with Gasteiger partial charge >= 0.3 is 12.1 Å². The number of hydrogen-bond acceptors (Lipinski definition) is 8. The molecule has 2 amide bonds. The highest BCUT2D eigenvalue weighted by Crippen LogP contribution is 2.34. The third kappa shape index (κ3) is 8.16. The second-order valence-corrected chi connectivity index (χ2v) is 9.05. The minimum atomic E-state index is -1.15. The summed E-state index contributed by atoms with van der Waals surface area (Å²) in [5.74, 6) is -0.905. The maximum atomic E-state index is 12.8. The summed E-state index contributed by atoms with van der Waals surface area (Å²) in [7, 11) is 0. The monoisotopic (exact) mass is 621 g/mol. The number of alkyl carbamates (subject to hydrolysis) is 1. The number of phenolic OH excluding ortho intramolecular Hbond substituents is 1. The Hall–Kier alpha value is -3.25. The van der Waals surface area contributed by atoms with E-state index in [0.29, 0.717) is 5.75 Å². The van der Waals surface area contributed by atoms with E-state index >= 15 is 0 Å². The fourth-order valence-corrected chi connectivity index (χ4v) is 3.88. The first kappa shape index (κ1) is 27.3. The quantitative estimate of drug-likeness (QED) is 0.168. The third-order valence-electron chi connectivity index (χ3n) is 4.94. The van der Waals surface area contributed by atoms with Crippen molar-refractivity contribution in [2.24, 2.45) is 0 Å². The normalized spacial score (nSPS) is 12.2. The summed E-state index contributed by atoms with van der Waals surface area (Å²) in [5.41, 5.74) is 0.546. The summed E-state index contributed by atoms with van der Waals surface area (Å²) in [6, 6.07) is 21.8. The number of phenols is 1. The average molecular weight is 621 g/mol. The number of halogens is 1. The molecule has 0 heterocycles. The van der Waals surface area contributed by atoms with Crippen molar-refractivity contribution in [2.45, 2.75) is 18.6 Å². The van der Waals surface area contributed by atoms with Crippen molar-refractivity contribution in [1.29, 1.82) is 0 Å². The predicted octanol–water partition coefficient (Wildman–Crippen LogP) is 4.92. The first-order valence-electron chi connectivity index (χ1n) is 10.9. The number of hydrogen-bond donors (Lipinski definition) is 3. The van der Waals surface area contributed by atoms with Gasteiger partial charge in [-0.3, -0.25) is 14.9 Å². The minimum absolute atomic E-state index is 0.0496. The number of esters is 1. The van der Waals surface area contributed by atoms with Crippen LogP contribution >= 0.6 is 35.2 Å². The number of rotatable bonds is 10. The molecule has 0 aliphatic rings. The van der Waals surface area contributed by atoms with Crippen molar-refractivity contribution in [3.8, 4) is 11.5 Å². The van der Waals surface area contributed by atoms with Crippen LogP contribution in [-0.2, 0) is 14.3 Å². The molecule has 8 nitrogen and oxygen atoms in total. The second kappa shape index (κ2) is 13.7. The van der Waals surface area contributed by atoms with E-state index in [9.17, 15) is 19.5 Å². The van der Waals surface area contributed by atoms with Gasteiger partial charge in [0.05, 0.1) is 12.4 Å². The molecular weight excluding hydrogens is 597 g/mol. The number of aromatic hydroxyl groups is 1. The summed E-state index contributed by atoms with van der Waals surface area (Å²) >= 11 is 5.97. The van der Waals surface area contributed by atoms with E-state index in [4.69, 9.17) is 14.2 Å². The van der Waals surface area contributed by atoms with Crippen LogP contribution in [0.25, 0.3) is 0 Å². The predicted molar refractivity (Wildman–Crippen MR) is 144 cm³/mol. The zero-order valence-corrected chi connectivity index (χ0v) is 22.1. The first-order valence-corrected chi connectivity index (χ1v) is 12.6. The molecule has 0 saturated heterocycles. The van der Waals surface area contributed by atoms with E-state index in [1.54, 1.807) is 66.7 Å². The Balaban J connectivity index is 1.89. The summed E-state index contributed by atoms with van der Waals surface area (Å²) in [6.45, 7) is -0.0496. The van der Waals surface area contributed by atoms with E-state index in [1.165, 1.54) is 6.07 Å². The van der Waals surface area contributed by atoms with Crippen molar-refractivity contribution in [3.05, 3.63) is 93.6 Å². The highest BCUT2D eigenvalue weighted by atomic mass is 127. The molecular formula is C26H24INO7S. The summed E-state index contributed by atoms with van der Waals surface area (Å²) < 4.78 is 17.7. The Kier molecular flexibility index (Phi) is 10.4. The zero-order valence-electron chi connectivity index (χ0n) is 19.0. The van der Waals surface area contributed by atoms with Gasteiger partial charge in [-0.2, -0.15) is 12.6 Å². The SMILES string of the molecule is O=C(CS)OCC[C@@H](Oc1ccccc1)[C@H](OC(=O)NC(=O)c1ccccc1)c1cc(I)ccc1O. The van der Waals surface area contributed by atoms with Crippen LogP contribution in [0.4, 0.5) is 4.79 Å². The Morgan fingerprint density at radius 2 is 1.64 bits per heavy atom. The maximum absolute atomic E-state index is 12.8. The van der Waals surface area contributed by atoms with Crippen LogP contribution in [0.1, 0.15) is 28.4 Å². The summed E-state index contributed by atoms with van der Waals surface area (Å²) in [5, 5.41) is 12.8. The molecule has 2 atom stereocenters. The van der Waals surface area contributed by atoms with E-state index in [2.05, 4.69) is 40.5 Å². The van der Waals surface area contributed by atoms with Crippen LogP contribution in [0.5, 0.6) is 11.5 Å². The molecule has 0 fully saturated rings. The van der Waals surface area contributed by atoms with E-state index in [0.717, 1.165) is 3.57 Å². The number of para-hydroxylation sites is 1. The molecule has 0 spiro atoms. The van der Waals surface area contributed by atoms with E-state index < -0.39 is 30.2 Å². The molecule has 2 N–H and O–H groups in total. The topological polar surface area (TPSA) is 111 Å². The van der Waals surface area contributed by atoms with Crippen molar-refractivity contribution < 1.29 is 33.7 Å². The van der Waals surface area contributed by atoms with Gasteiger partial charge in [0.25, 0.3) is 5.91 Å². The molecule has 36 heavy (non-hydrogen) atoms. The summed E-state index contributed by atoms with van der Waals surface area (Å²) in [6.07, 6.45) is -2.95. The van der Waals surface area contributed by atoms with Crippen LogP contribution in [-0.4, -0.2) is 41.5 Å². The van der Waals surface area contributed by atoms with Gasteiger partial charge in [0.2, 0.25) is 0 Å². The lowest BCUT2D eigenvalue weighted by Gasteiger charge is -2.28. The number of carbonyl (C=O) groups is 3. The van der Waals surface area contributed by atoms with E-state index in [-0.39, 0.29) is 35.7 Å². The Morgan fingerprint density at radius 1 is 0.972 bits per heavy atom. The molecule has 0 unspecified atom stereocenters. The molecule has 0 aliphatic heterocycles. The van der Waals surface area contributed by atoms with Gasteiger partial charge < -0.3 is 19.3 Å². The molecule has 0 bridgehead atoms. The zero-order chi connectivity index (χ0) is 25.9. The van der Waals surface area contributed by atoms with Gasteiger partial charge in [-0.1, -0.05) is 36.4 Å². The average Bonchev–Trinajstić information content (AvgIpc) is 2.89. The number of nitrogens with one attached hydrogen (secondary N) is 1. The number of thiol groups is 1. The molecule has 0 radical (unpaired) electrons. The maximum Gasteiger partial charge on any atom is 0.414 e. The molecule has 188 valence electrons. The highest BCUT2D eigenvalue weighted by molar-refractivity contribution is 14.1. The third-order valence-corrected chi connectivity index (χ3v) is 5.87. The van der Waals surface area contributed by atoms with Crippen LogP contribution in [0, 0.1) is 3.57 Å². The minimum Gasteiger partial charge on any atom is -0.508 e. The smallest absolute Gasteiger partial charge is 0.414 e. The number of ether oxygens (including phenoxy) is 3. The lowest BCUT2D eigenvalue weighted by atomic mass is 10.0. The number of carbonyl (C=O) groups excluding carboxylic acids is 3. The van der Waals surface area contributed by atoms with Gasteiger partial charge in [0.1, 0.15) is 17.6 Å². The number of amides is 2. The standard InChI is InChI=1S/C26H24INO7S/c27-18-11-12-21(29)20(15-18)24(35-26(32)28-25(31)17-7-3-1-4-8-17)22(13-14-33-23(30)16-36)34-19-9-5-2-6-10-19/h1-12,15,22,24,29,36H,13-14,16H2,(H,28,31,32)/t22-,24-/m1/s1. The van der Waals surface area contributed by atoms with Crippen molar-refractivity contribution in [3.63, 3.8) is 0 Å². The van der Waals surface area contributed by atoms with E-state index in [1.807, 2.05) is 6.07 Å². The van der Waals surface area contributed by atoms with Crippen LogP contribution in [0.15, 0.2) is 78.9 Å². The largest absolute Gasteiger partial charge is 0.508 e. The molecule has 0 aliphatic carbocycles. The van der Waals surface area contributed by atoms with Crippen molar-refractivity contribution in [2.75, 3.05) is 12.4 Å². The molecule has 3 aromatic carbocycles. The second-order valence-electron chi connectivity index (χ2n) is 7.49. The van der Waals surface area contributed by atoms with Crippen LogP contribution < -0.4 is 10.1 Å². The number of imide groups is 1. The molecule has 0 aromatic heterocycles. The Morgan fingerprint density at radius 3 is 2.31 bits per heavy atom. The van der Waals surface area contributed by atoms with Gasteiger partial charge in [0.15, 0.2) is 6.10 Å². The first-order chi connectivity index (χ1) is 17.4. The fraction of sp³-hybridized carbons (Fsp3) is 0.192. The molecule has 10 heteroatoms. The molecule has 3 rings (SSSR count). The van der Waals surface area contributed by atoms with Gasteiger partial charge in [-0.15, -0.1) is 0 Å². The van der Waals surface area contributed by atoms with Gasteiger partial charge in [-0.05, 0) is 65.1 Å². The lowest BCUT2D eigenvalue weighted by Crippen LogP contribution is -2.37. The number of benzene rings is 3. The summed E-state index contributed by atoms with van der Waals surface area (Å²) in [4.78, 5) is 36.9. The van der Waals surface area contributed by atoms with Crippen LogP contribution in [0.2, 0.25) is 0 Å². The molecule has 0 saturated carbocycles. The van der Waals surface area contributed by atoms with Gasteiger partial charge in [-0.25, -0.2) is 4.79 Å². The van der Waals surface area contributed by atoms with Gasteiger partial charge in [0, 0.05) is 21.1 Å². The van der Waals surface area contributed by atoms with Crippen molar-refractivity contribution >= 4 is 53.2 Å². The molecule has 3 aromatic rings. The fourth-order valence-electron chi connectivity index (χ4n) is 3.27.